The number of aryl methyl sites for hydroxylation is 1. The van der Waals surface area contributed by atoms with Gasteiger partial charge in [-0.3, -0.25) is 4.90 Å². The Morgan fingerprint density at radius 1 is 1.33 bits per heavy atom. The fourth-order valence-electron chi connectivity index (χ4n) is 1.64. The molecule has 1 aromatic heterocycles. The van der Waals surface area contributed by atoms with Crippen LogP contribution in [-0.4, -0.2) is 23.2 Å². The standard InChI is InChI=1S/C12H16N2O2.C2H6/c1-9-4-5-10(13-8-9)14-7-6-12(2,3)16-11(14)15;1-2/h4-5,8H,6-7H2,1-3H3;1-2H3. The number of ether oxygens (including phenoxy) is 1. The molecule has 1 aliphatic heterocycles. The van der Waals surface area contributed by atoms with E-state index in [1.54, 1.807) is 11.1 Å². The van der Waals surface area contributed by atoms with E-state index in [2.05, 4.69) is 4.98 Å². The summed E-state index contributed by atoms with van der Waals surface area (Å²) in [7, 11) is 0. The normalized spacial score (nSPS) is 17.6. The summed E-state index contributed by atoms with van der Waals surface area (Å²) in [5, 5.41) is 0. The van der Waals surface area contributed by atoms with Gasteiger partial charge < -0.3 is 4.74 Å². The minimum absolute atomic E-state index is 0.312. The minimum atomic E-state index is -0.363. The number of hydrogen-bond acceptors (Lipinski definition) is 3. The molecule has 2 heterocycles. The summed E-state index contributed by atoms with van der Waals surface area (Å²) in [5.41, 5.74) is 0.715. The Bertz CT molecular complexity index is 399. The Morgan fingerprint density at radius 3 is 2.50 bits per heavy atom. The maximum absolute atomic E-state index is 11.8. The minimum Gasteiger partial charge on any atom is -0.443 e. The van der Waals surface area contributed by atoms with Crippen molar-refractivity contribution in [2.45, 2.75) is 46.6 Å². The third kappa shape index (κ3) is 3.45. The van der Waals surface area contributed by atoms with Crippen LogP contribution in [0.5, 0.6) is 0 Å². The highest BCUT2D eigenvalue weighted by molar-refractivity contribution is 5.87. The summed E-state index contributed by atoms with van der Waals surface area (Å²) in [4.78, 5) is 17.6. The second-order valence-corrected chi connectivity index (χ2v) is 4.72. The molecule has 0 atom stereocenters. The SMILES string of the molecule is CC.Cc1ccc(N2CCC(C)(C)OC2=O)nc1. The van der Waals surface area contributed by atoms with E-state index in [9.17, 15) is 4.79 Å². The number of cyclic esters (lactones) is 1. The van der Waals surface area contributed by atoms with Crippen molar-refractivity contribution < 1.29 is 9.53 Å². The summed E-state index contributed by atoms with van der Waals surface area (Å²) in [5.74, 6) is 0.658. The molecule has 0 saturated carbocycles. The molecule has 2 rings (SSSR count). The number of hydrogen-bond donors (Lipinski definition) is 0. The van der Waals surface area contributed by atoms with E-state index in [0.29, 0.717) is 12.4 Å². The summed E-state index contributed by atoms with van der Waals surface area (Å²) in [6, 6.07) is 3.78. The fraction of sp³-hybridized carbons (Fsp3) is 0.571. The van der Waals surface area contributed by atoms with Crippen molar-refractivity contribution in [2.75, 3.05) is 11.4 Å². The highest BCUT2D eigenvalue weighted by atomic mass is 16.6. The number of pyridine rings is 1. The molecule has 0 spiro atoms. The molecule has 4 nitrogen and oxygen atoms in total. The highest BCUT2D eigenvalue weighted by Crippen LogP contribution is 2.25. The lowest BCUT2D eigenvalue weighted by molar-refractivity contribution is 0.0234. The van der Waals surface area contributed by atoms with E-state index in [-0.39, 0.29) is 11.7 Å². The first kappa shape index (κ1) is 14.5. The van der Waals surface area contributed by atoms with Crippen LogP contribution in [0, 0.1) is 6.92 Å². The van der Waals surface area contributed by atoms with Crippen molar-refractivity contribution in [3.8, 4) is 0 Å². The smallest absolute Gasteiger partial charge is 0.416 e. The third-order valence-electron chi connectivity index (χ3n) is 2.69. The molecule has 0 unspecified atom stereocenters. The average molecular weight is 250 g/mol. The molecule has 1 aliphatic rings. The van der Waals surface area contributed by atoms with Crippen LogP contribution in [0.15, 0.2) is 18.3 Å². The first-order chi connectivity index (χ1) is 8.48. The molecule has 100 valence electrons. The summed E-state index contributed by atoms with van der Waals surface area (Å²) in [6.45, 7) is 10.5. The molecule has 1 amide bonds. The van der Waals surface area contributed by atoms with E-state index in [0.717, 1.165) is 12.0 Å². The van der Waals surface area contributed by atoms with Gasteiger partial charge in [0.25, 0.3) is 0 Å². The van der Waals surface area contributed by atoms with Crippen LogP contribution in [0.4, 0.5) is 10.6 Å². The van der Waals surface area contributed by atoms with Gasteiger partial charge in [-0.2, -0.15) is 0 Å². The van der Waals surface area contributed by atoms with Gasteiger partial charge in [0, 0.05) is 19.2 Å². The molecular formula is C14H22N2O2. The van der Waals surface area contributed by atoms with Crippen LogP contribution in [0.25, 0.3) is 0 Å². The Balaban J connectivity index is 0.000000771. The zero-order chi connectivity index (χ0) is 13.8. The van der Waals surface area contributed by atoms with Crippen LogP contribution in [-0.2, 0) is 4.74 Å². The van der Waals surface area contributed by atoms with Crippen LogP contribution in [0.1, 0.15) is 39.7 Å². The Labute approximate surface area is 109 Å². The largest absolute Gasteiger partial charge is 0.443 e. The number of amides is 1. The van der Waals surface area contributed by atoms with Gasteiger partial charge in [0.2, 0.25) is 0 Å². The van der Waals surface area contributed by atoms with Crippen LogP contribution >= 0.6 is 0 Å². The maximum atomic E-state index is 11.8. The van der Waals surface area contributed by atoms with E-state index in [4.69, 9.17) is 4.74 Å². The van der Waals surface area contributed by atoms with Crippen LogP contribution in [0.3, 0.4) is 0 Å². The fourth-order valence-corrected chi connectivity index (χ4v) is 1.64. The van der Waals surface area contributed by atoms with Crippen molar-refractivity contribution in [3.05, 3.63) is 23.9 Å². The van der Waals surface area contributed by atoms with Gasteiger partial charge in [0.1, 0.15) is 11.4 Å². The number of rotatable bonds is 1. The molecular weight excluding hydrogens is 228 g/mol. The zero-order valence-electron chi connectivity index (χ0n) is 11.9. The van der Waals surface area contributed by atoms with E-state index >= 15 is 0 Å². The molecule has 0 aliphatic carbocycles. The third-order valence-corrected chi connectivity index (χ3v) is 2.69. The molecule has 4 heteroatoms. The molecule has 0 aromatic carbocycles. The van der Waals surface area contributed by atoms with Crippen molar-refractivity contribution in [3.63, 3.8) is 0 Å². The number of carbonyl (C=O) groups is 1. The monoisotopic (exact) mass is 250 g/mol. The Morgan fingerprint density at radius 2 is 2.00 bits per heavy atom. The molecule has 1 saturated heterocycles. The number of nitrogens with zero attached hydrogens (tertiary/aromatic N) is 2. The number of aromatic nitrogens is 1. The van der Waals surface area contributed by atoms with Crippen molar-refractivity contribution >= 4 is 11.9 Å². The molecule has 0 bridgehead atoms. The first-order valence-corrected chi connectivity index (χ1v) is 6.41. The van der Waals surface area contributed by atoms with Crippen molar-refractivity contribution in [1.82, 2.24) is 4.98 Å². The van der Waals surface area contributed by atoms with Gasteiger partial charge in [-0.05, 0) is 32.4 Å². The summed E-state index contributed by atoms with van der Waals surface area (Å²) in [6.07, 6.45) is 2.25. The summed E-state index contributed by atoms with van der Waals surface area (Å²) >= 11 is 0. The van der Waals surface area contributed by atoms with Gasteiger partial charge in [-0.15, -0.1) is 0 Å². The molecule has 18 heavy (non-hydrogen) atoms. The molecule has 0 radical (unpaired) electrons. The second-order valence-electron chi connectivity index (χ2n) is 4.72. The van der Waals surface area contributed by atoms with E-state index in [1.807, 2.05) is 46.8 Å². The Hall–Kier alpha value is -1.58. The van der Waals surface area contributed by atoms with Gasteiger partial charge >= 0.3 is 6.09 Å². The topological polar surface area (TPSA) is 42.4 Å². The van der Waals surface area contributed by atoms with E-state index in [1.165, 1.54) is 0 Å². The van der Waals surface area contributed by atoms with E-state index < -0.39 is 0 Å². The highest BCUT2D eigenvalue weighted by Gasteiger charge is 2.33. The second kappa shape index (κ2) is 5.85. The molecule has 1 fully saturated rings. The number of anilines is 1. The van der Waals surface area contributed by atoms with Crippen LogP contribution in [0.2, 0.25) is 0 Å². The van der Waals surface area contributed by atoms with Crippen molar-refractivity contribution in [1.29, 1.82) is 0 Å². The van der Waals surface area contributed by atoms with Gasteiger partial charge in [0.05, 0.1) is 0 Å². The summed E-state index contributed by atoms with van der Waals surface area (Å²) < 4.78 is 5.32. The lowest BCUT2D eigenvalue weighted by atomic mass is 10.0. The Kier molecular flexibility index (Phi) is 4.70. The first-order valence-electron chi connectivity index (χ1n) is 6.41. The predicted molar refractivity (Wildman–Crippen MR) is 72.8 cm³/mol. The molecule has 1 aromatic rings. The van der Waals surface area contributed by atoms with Crippen molar-refractivity contribution in [2.24, 2.45) is 0 Å². The lowest BCUT2D eigenvalue weighted by Crippen LogP contribution is -2.46. The predicted octanol–water partition coefficient (Wildman–Crippen LogP) is 3.54. The van der Waals surface area contributed by atoms with Gasteiger partial charge in [-0.25, -0.2) is 9.78 Å². The van der Waals surface area contributed by atoms with Gasteiger partial charge in [-0.1, -0.05) is 19.9 Å². The maximum Gasteiger partial charge on any atom is 0.416 e. The lowest BCUT2D eigenvalue weighted by Gasteiger charge is -2.35. The molecule has 0 N–H and O–H groups in total. The average Bonchev–Trinajstić information content (AvgIpc) is 2.32. The van der Waals surface area contributed by atoms with Crippen LogP contribution < -0.4 is 4.90 Å². The zero-order valence-corrected chi connectivity index (χ0v) is 11.9. The quantitative estimate of drug-likeness (QED) is 0.765. The number of carbonyl (C=O) groups excluding carboxylic acids is 1. The van der Waals surface area contributed by atoms with Gasteiger partial charge in [0.15, 0.2) is 0 Å².